The van der Waals surface area contributed by atoms with Crippen molar-refractivity contribution in [1.82, 2.24) is 15.2 Å². The molecule has 0 saturated heterocycles. The topological polar surface area (TPSA) is 90.9 Å². The molecule has 0 aliphatic carbocycles. The molecule has 0 aliphatic heterocycles. The average molecular weight is 232 g/mol. The highest BCUT2D eigenvalue weighted by atomic mass is 16.3. The molecule has 0 saturated carbocycles. The van der Waals surface area contributed by atoms with Gasteiger partial charge in [0.15, 0.2) is 0 Å². The minimum Gasteiger partial charge on any atom is -0.505 e. The van der Waals surface area contributed by atoms with E-state index in [1.54, 1.807) is 6.20 Å². The Bertz CT molecular complexity index is 536. The van der Waals surface area contributed by atoms with Crippen LogP contribution < -0.4 is 5.32 Å². The van der Waals surface area contributed by atoms with E-state index in [2.05, 4.69) is 20.5 Å². The summed E-state index contributed by atoms with van der Waals surface area (Å²) in [5, 5.41) is 18.7. The van der Waals surface area contributed by atoms with E-state index < -0.39 is 5.91 Å². The molecule has 2 heterocycles. The Morgan fingerprint density at radius 2 is 2.35 bits per heavy atom. The van der Waals surface area contributed by atoms with Crippen LogP contribution in [-0.2, 0) is 6.42 Å². The van der Waals surface area contributed by atoms with Gasteiger partial charge in [0.25, 0.3) is 5.91 Å². The number of aromatic nitrogens is 3. The zero-order chi connectivity index (χ0) is 12.3. The maximum absolute atomic E-state index is 11.9. The molecule has 0 radical (unpaired) electrons. The van der Waals surface area contributed by atoms with Crippen LogP contribution in [0.25, 0.3) is 0 Å². The molecule has 1 amide bonds. The smallest absolute Gasteiger partial charge is 0.260 e. The third-order valence-corrected chi connectivity index (χ3v) is 2.38. The second-order valence-corrected chi connectivity index (χ2v) is 3.47. The van der Waals surface area contributed by atoms with E-state index in [1.165, 1.54) is 18.5 Å². The number of nitrogens with zero attached hydrogens (tertiary/aromatic N) is 2. The Hall–Kier alpha value is -2.37. The lowest BCUT2D eigenvalue weighted by molar-refractivity contribution is 0.102. The number of aromatic amines is 1. The SMILES string of the molecule is CCc1cn[nH]c1NC(=O)c1ccncc1O. The molecule has 0 unspecified atom stereocenters. The number of rotatable bonds is 3. The Morgan fingerprint density at radius 3 is 3.06 bits per heavy atom. The molecule has 88 valence electrons. The largest absolute Gasteiger partial charge is 0.505 e. The van der Waals surface area contributed by atoms with Gasteiger partial charge in [0.1, 0.15) is 11.6 Å². The third kappa shape index (κ3) is 2.25. The lowest BCUT2D eigenvalue weighted by atomic mass is 10.2. The van der Waals surface area contributed by atoms with Crippen LogP contribution in [0.1, 0.15) is 22.8 Å². The normalized spacial score (nSPS) is 10.2. The Kier molecular flexibility index (Phi) is 3.04. The van der Waals surface area contributed by atoms with Crippen molar-refractivity contribution in [2.24, 2.45) is 0 Å². The summed E-state index contributed by atoms with van der Waals surface area (Å²) in [5.74, 6) is 0.000117. The average Bonchev–Trinajstić information content (AvgIpc) is 2.76. The van der Waals surface area contributed by atoms with Gasteiger partial charge < -0.3 is 10.4 Å². The third-order valence-electron chi connectivity index (χ3n) is 2.38. The van der Waals surface area contributed by atoms with Gasteiger partial charge in [0, 0.05) is 11.8 Å². The summed E-state index contributed by atoms with van der Waals surface area (Å²) >= 11 is 0. The maximum atomic E-state index is 11.9. The number of nitrogens with one attached hydrogen (secondary N) is 2. The fourth-order valence-electron chi connectivity index (χ4n) is 1.45. The van der Waals surface area contributed by atoms with Gasteiger partial charge in [0.05, 0.1) is 18.0 Å². The lowest BCUT2D eigenvalue weighted by Gasteiger charge is -2.05. The Balaban J connectivity index is 2.20. The summed E-state index contributed by atoms with van der Waals surface area (Å²) in [6, 6.07) is 1.45. The second kappa shape index (κ2) is 4.65. The molecule has 0 aromatic carbocycles. The minimum atomic E-state index is -0.399. The number of anilines is 1. The highest BCUT2D eigenvalue weighted by Crippen LogP contribution is 2.17. The van der Waals surface area contributed by atoms with Gasteiger partial charge in [-0.3, -0.25) is 14.9 Å². The number of carbonyl (C=O) groups is 1. The van der Waals surface area contributed by atoms with Crippen LogP contribution in [0.5, 0.6) is 5.75 Å². The predicted octanol–water partition coefficient (Wildman–Crippen LogP) is 1.32. The Morgan fingerprint density at radius 1 is 1.53 bits per heavy atom. The van der Waals surface area contributed by atoms with E-state index in [1.807, 2.05) is 6.92 Å². The summed E-state index contributed by atoms with van der Waals surface area (Å²) in [5.41, 5.74) is 1.09. The van der Waals surface area contributed by atoms with Crippen molar-refractivity contribution in [3.05, 3.63) is 35.8 Å². The van der Waals surface area contributed by atoms with Crippen molar-refractivity contribution >= 4 is 11.7 Å². The maximum Gasteiger partial charge on any atom is 0.260 e. The first-order chi connectivity index (χ1) is 8.22. The highest BCUT2D eigenvalue weighted by Gasteiger charge is 2.13. The molecule has 0 fully saturated rings. The monoisotopic (exact) mass is 232 g/mol. The number of aromatic hydroxyl groups is 1. The van der Waals surface area contributed by atoms with Crippen LogP contribution in [0.3, 0.4) is 0 Å². The van der Waals surface area contributed by atoms with E-state index in [-0.39, 0.29) is 11.3 Å². The summed E-state index contributed by atoms with van der Waals surface area (Å²) in [6.45, 7) is 1.96. The van der Waals surface area contributed by atoms with Gasteiger partial charge in [0.2, 0.25) is 0 Å². The Labute approximate surface area is 97.7 Å². The second-order valence-electron chi connectivity index (χ2n) is 3.47. The number of pyridine rings is 1. The van der Waals surface area contributed by atoms with E-state index in [0.29, 0.717) is 5.82 Å². The van der Waals surface area contributed by atoms with Crippen LogP contribution >= 0.6 is 0 Å². The van der Waals surface area contributed by atoms with Crippen molar-refractivity contribution in [2.75, 3.05) is 5.32 Å². The van der Waals surface area contributed by atoms with Crippen LogP contribution in [0.4, 0.5) is 5.82 Å². The van der Waals surface area contributed by atoms with Gasteiger partial charge in [-0.2, -0.15) is 5.10 Å². The van der Waals surface area contributed by atoms with Crippen molar-refractivity contribution in [3.63, 3.8) is 0 Å². The zero-order valence-electron chi connectivity index (χ0n) is 9.27. The molecule has 3 N–H and O–H groups in total. The molecule has 0 bridgehead atoms. The molecule has 0 aliphatic rings. The van der Waals surface area contributed by atoms with E-state index in [0.717, 1.165) is 12.0 Å². The van der Waals surface area contributed by atoms with Crippen LogP contribution in [0, 0.1) is 0 Å². The van der Waals surface area contributed by atoms with E-state index in [9.17, 15) is 9.90 Å². The molecule has 0 spiro atoms. The van der Waals surface area contributed by atoms with Crippen LogP contribution in [-0.4, -0.2) is 26.2 Å². The molecule has 2 aromatic rings. The summed E-state index contributed by atoms with van der Waals surface area (Å²) in [6.07, 6.45) is 5.08. The first-order valence-electron chi connectivity index (χ1n) is 5.19. The molecular formula is C11H12N4O2. The molecule has 0 atom stereocenters. The van der Waals surface area contributed by atoms with Gasteiger partial charge in [-0.1, -0.05) is 6.92 Å². The summed E-state index contributed by atoms with van der Waals surface area (Å²) < 4.78 is 0. The van der Waals surface area contributed by atoms with Crippen LogP contribution in [0.2, 0.25) is 0 Å². The van der Waals surface area contributed by atoms with Gasteiger partial charge in [-0.05, 0) is 12.5 Å². The van der Waals surface area contributed by atoms with Crippen molar-refractivity contribution in [3.8, 4) is 5.75 Å². The number of amides is 1. The first kappa shape index (κ1) is 11.1. The highest BCUT2D eigenvalue weighted by molar-refractivity contribution is 6.05. The van der Waals surface area contributed by atoms with Crippen molar-refractivity contribution < 1.29 is 9.90 Å². The minimum absolute atomic E-state index is 0.150. The number of hydrogen-bond donors (Lipinski definition) is 3. The predicted molar refractivity (Wildman–Crippen MR) is 61.8 cm³/mol. The molecule has 2 rings (SSSR count). The summed E-state index contributed by atoms with van der Waals surface area (Å²) in [4.78, 5) is 15.6. The summed E-state index contributed by atoms with van der Waals surface area (Å²) in [7, 11) is 0. The molecular weight excluding hydrogens is 220 g/mol. The number of hydrogen-bond acceptors (Lipinski definition) is 4. The van der Waals surface area contributed by atoms with Crippen LogP contribution in [0.15, 0.2) is 24.7 Å². The zero-order valence-corrected chi connectivity index (χ0v) is 9.27. The molecule has 2 aromatic heterocycles. The standard InChI is InChI=1S/C11H12N4O2/c1-2-7-5-13-15-10(7)14-11(17)8-3-4-12-6-9(8)16/h3-6,16H,2H2,1H3,(H2,13,14,15,17). The van der Waals surface area contributed by atoms with Crippen molar-refractivity contribution in [1.29, 1.82) is 0 Å². The van der Waals surface area contributed by atoms with E-state index >= 15 is 0 Å². The fourth-order valence-corrected chi connectivity index (χ4v) is 1.45. The quantitative estimate of drug-likeness (QED) is 0.744. The first-order valence-corrected chi connectivity index (χ1v) is 5.19. The molecule has 6 heteroatoms. The molecule has 17 heavy (non-hydrogen) atoms. The number of carbonyl (C=O) groups excluding carboxylic acids is 1. The number of aryl methyl sites for hydroxylation is 1. The van der Waals surface area contributed by atoms with Gasteiger partial charge in [-0.25, -0.2) is 0 Å². The number of H-pyrrole nitrogens is 1. The molecule has 6 nitrogen and oxygen atoms in total. The lowest BCUT2D eigenvalue weighted by Crippen LogP contribution is -2.13. The van der Waals surface area contributed by atoms with Gasteiger partial charge in [-0.15, -0.1) is 0 Å². The van der Waals surface area contributed by atoms with Crippen molar-refractivity contribution in [2.45, 2.75) is 13.3 Å². The fraction of sp³-hybridized carbons (Fsp3) is 0.182. The van der Waals surface area contributed by atoms with Gasteiger partial charge >= 0.3 is 0 Å². The van der Waals surface area contributed by atoms with E-state index in [4.69, 9.17) is 0 Å².